The van der Waals surface area contributed by atoms with Gasteiger partial charge >= 0.3 is 0 Å². The van der Waals surface area contributed by atoms with Crippen LogP contribution in [0, 0.1) is 0 Å². The van der Waals surface area contributed by atoms with Crippen LogP contribution in [-0.2, 0) is 11.3 Å². The fourth-order valence-corrected chi connectivity index (χ4v) is 3.47. The average Bonchev–Trinajstić information content (AvgIpc) is 2.84. The molecular formula is C25H23ClN2O4. The molecule has 1 aliphatic heterocycles. The van der Waals surface area contributed by atoms with Crippen LogP contribution in [0.5, 0.6) is 5.75 Å². The van der Waals surface area contributed by atoms with Crippen molar-refractivity contribution in [3.8, 4) is 5.75 Å². The second-order valence-corrected chi connectivity index (χ2v) is 7.82. The summed E-state index contributed by atoms with van der Waals surface area (Å²) in [6, 6.07) is 21.3. The van der Waals surface area contributed by atoms with Crippen molar-refractivity contribution in [1.82, 2.24) is 4.90 Å². The molecule has 0 saturated carbocycles. The summed E-state index contributed by atoms with van der Waals surface area (Å²) in [6.45, 7) is 2.64. The SMILES string of the molecule is O=C(Nc1ccc(C(=O)N2CCOCC2)cc1)c1cccc(COc2ccc(Cl)cc2)c1. The Kier molecular flexibility index (Phi) is 7.04. The van der Waals surface area contributed by atoms with Crippen LogP contribution in [0.4, 0.5) is 5.69 Å². The van der Waals surface area contributed by atoms with Crippen molar-refractivity contribution in [2.75, 3.05) is 31.6 Å². The molecule has 4 rings (SSSR count). The van der Waals surface area contributed by atoms with E-state index in [1.54, 1.807) is 65.6 Å². The van der Waals surface area contributed by atoms with Gasteiger partial charge in [0.2, 0.25) is 0 Å². The largest absolute Gasteiger partial charge is 0.489 e. The molecule has 1 fully saturated rings. The van der Waals surface area contributed by atoms with Crippen molar-refractivity contribution in [2.24, 2.45) is 0 Å². The quantitative estimate of drug-likeness (QED) is 0.594. The Morgan fingerprint density at radius 2 is 1.66 bits per heavy atom. The van der Waals surface area contributed by atoms with Gasteiger partial charge in [0, 0.05) is 34.9 Å². The van der Waals surface area contributed by atoms with Crippen molar-refractivity contribution in [3.63, 3.8) is 0 Å². The van der Waals surface area contributed by atoms with Crippen molar-refractivity contribution in [3.05, 3.63) is 94.5 Å². The number of anilines is 1. The average molecular weight is 451 g/mol. The van der Waals surface area contributed by atoms with E-state index in [2.05, 4.69) is 5.32 Å². The van der Waals surface area contributed by atoms with Crippen molar-refractivity contribution >= 4 is 29.1 Å². The van der Waals surface area contributed by atoms with Crippen LogP contribution in [-0.4, -0.2) is 43.0 Å². The molecule has 3 aromatic rings. The van der Waals surface area contributed by atoms with Crippen LogP contribution < -0.4 is 10.1 Å². The van der Waals surface area contributed by atoms with E-state index in [4.69, 9.17) is 21.1 Å². The predicted molar refractivity (Wildman–Crippen MR) is 123 cm³/mol. The van der Waals surface area contributed by atoms with Crippen LogP contribution in [0.15, 0.2) is 72.8 Å². The van der Waals surface area contributed by atoms with E-state index in [1.807, 2.05) is 12.1 Å². The molecule has 1 N–H and O–H groups in total. The van der Waals surface area contributed by atoms with Gasteiger partial charge < -0.3 is 19.7 Å². The highest BCUT2D eigenvalue weighted by molar-refractivity contribution is 6.30. The van der Waals surface area contributed by atoms with Crippen LogP contribution in [0.1, 0.15) is 26.3 Å². The number of nitrogens with one attached hydrogen (secondary N) is 1. The zero-order chi connectivity index (χ0) is 22.3. The van der Waals surface area contributed by atoms with E-state index in [0.717, 1.165) is 5.56 Å². The summed E-state index contributed by atoms with van der Waals surface area (Å²) in [5, 5.41) is 3.52. The van der Waals surface area contributed by atoms with Gasteiger partial charge in [-0.25, -0.2) is 0 Å². The number of halogens is 1. The van der Waals surface area contributed by atoms with E-state index < -0.39 is 0 Å². The smallest absolute Gasteiger partial charge is 0.255 e. The molecule has 0 aromatic heterocycles. The fourth-order valence-electron chi connectivity index (χ4n) is 3.35. The van der Waals surface area contributed by atoms with Gasteiger partial charge in [-0.1, -0.05) is 23.7 Å². The van der Waals surface area contributed by atoms with Gasteiger partial charge in [0.05, 0.1) is 13.2 Å². The molecule has 1 heterocycles. The molecule has 6 nitrogen and oxygen atoms in total. The van der Waals surface area contributed by atoms with E-state index >= 15 is 0 Å². The molecule has 1 saturated heterocycles. The number of nitrogens with zero attached hydrogens (tertiary/aromatic N) is 1. The number of ether oxygens (including phenoxy) is 2. The highest BCUT2D eigenvalue weighted by atomic mass is 35.5. The summed E-state index contributed by atoms with van der Waals surface area (Å²) < 4.78 is 11.0. The van der Waals surface area contributed by atoms with Crippen LogP contribution in [0.25, 0.3) is 0 Å². The van der Waals surface area contributed by atoms with Crippen LogP contribution >= 0.6 is 11.6 Å². The van der Waals surface area contributed by atoms with Gasteiger partial charge in [-0.15, -0.1) is 0 Å². The molecule has 0 aliphatic carbocycles. The molecule has 0 unspecified atom stereocenters. The Morgan fingerprint density at radius 1 is 0.938 bits per heavy atom. The Morgan fingerprint density at radius 3 is 2.38 bits per heavy atom. The standard InChI is InChI=1S/C25H23ClN2O4/c26-21-6-10-23(11-7-21)32-17-18-2-1-3-20(16-18)24(29)27-22-8-4-19(5-9-22)25(30)28-12-14-31-15-13-28/h1-11,16H,12-15,17H2,(H,27,29). The second-order valence-electron chi connectivity index (χ2n) is 7.38. The summed E-state index contributed by atoms with van der Waals surface area (Å²) in [7, 11) is 0. The lowest BCUT2D eigenvalue weighted by molar-refractivity contribution is 0.0303. The number of rotatable bonds is 6. The Bertz CT molecular complexity index is 1080. The summed E-state index contributed by atoms with van der Waals surface area (Å²) >= 11 is 5.89. The number of carbonyl (C=O) groups is 2. The Hall–Kier alpha value is -3.35. The monoisotopic (exact) mass is 450 g/mol. The maximum absolute atomic E-state index is 12.7. The number of hydrogen-bond acceptors (Lipinski definition) is 4. The van der Waals surface area contributed by atoms with Gasteiger partial charge in [-0.3, -0.25) is 9.59 Å². The van der Waals surface area contributed by atoms with Gasteiger partial charge in [0.25, 0.3) is 11.8 Å². The number of carbonyl (C=O) groups excluding carboxylic acids is 2. The van der Waals surface area contributed by atoms with E-state index in [9.17, 15) is 9.59 Å². The summed E-state index contributed by atoms with van der Waals surface area (Å²) in [5.74, 6) is 0.445. The molecule has 3 aromatic carbocycles. The molecule has 2 amide bonds. The maximum atomic E-state index is 12.7. The zero-order valence-electron chi connectivity index (χ0n) is 17.4. The number of morpholine rings is 1. The second kappa shape index (κ2) is 10.3. The van der Waals surface area contributed by atoms with E-state index in [1.165, 1.54) is 0 Å². The first-order valence-electron chi connectivity index (χ1n) is 10.3. The van der Waals surface area contributed by atoms with Gasteiger partial charge in [0.15, 0.2) is 0 Å². The van der Waals surface area contributed by atoms with Gasteiger partial charge in [0.1, 0.15) is 12.4 Å². The third-order valence-electron chi connectivity index (χ3n) is 5.10. The first-order chi connectivity index (χ1) is 15.6. The minimum absolute atomic E-state index is 0.0282. The summed E-state index contributed by atoms with van der Waals surface area (Å²) in [5.41, 5.74) is 2.61. The van der Waals surface area contributed by atoms with Gasteiger partial charge in [-0.05, 0) is 66.2 Å². The van der Waals surface area contributed by atoms with Crippen molar-refractivity contribution < 1.29 is 19.1 Å². The third-order valence-corrected chi connectivity index (χ3v) is 5.35. The molecule has 0 atom stereocenters. The molecule has 32 heavy (non-hydrogen) atoms. The predicted octanol–water partition coefficient (Wildman–Crippen LogP) is 4.64. The van der Waals surface area contributed by atoms with E-state index in [0.29, 0.717) is 60.5 Å². The highest BCUT2D eigenvalue weighted by Gasteiger charge is 2.18. The minimum Gasteiger partial charge on any atom is -0.489 e. The maximum Gasteiger partial charge on any atom is 0.255 e. The molecule has 0 radical (unpaired) electrons. The fraction of sp³-hybridized carbons (Fsp3) is 0.200. The zero-order valence-corrected chi connectivity index (χ0v) is 18.2. The lowest BCUT2D eigenvalue weighted by Gasteiger charge is -2.26. The Labute approximate surface area is 191 Å². The lowest BCUT2D eigenvalue weighted by atomic mass is 10.1. The topological polar surface area (TPSA) is 67.9 Å². The Balaban J connectivity index is 1.35. The normalized spacial score (nSPS) is 13.5. The molecule has 164 valence electrons. The van der Waals surface area contributed by atoms with Crippen molar-refractivity contribution in [1.29, 1.82) is 0 Å². The summed E-state index contributed by atoms with van der Waals surface area (Å²) in [6.07, 6.45) is 0. The number of amides is 2. The minimum atomic E-state index is -0.231. The molecule has 0 spiro atoms. The highest BCUT2D eigenvalue weighted by Crippen LogP contribution is 2.18. The molecular weight excluding hydrogens is 428 g/mol. The number of benzene rings is 3. The first-order valence-corrected chi connectivity index (χ1v) is 10.7. The lowest BCUT2D eigenvalue weighted by Crippen LogP contribution is -2.40. The molecule has 7 heteroatoms. The van der Waals surface area contributed by atoms with Crippen LogP contribution in [0.3, 0.4) is 0 Å². The first kappa shape index (κ1) is 21.9. The number of hydrogen-bond donors (Lipinski definition) is 1. The molecule has 0 bridgehead atoms. The van der Waals surface area contributed by atoms with Crippen molar-refractivity contribution in [2.45, 2.75) is 6.61 Å². The van der Waals surface area contributed by atoms with Crippen LogP contribution in [0.2, 0.25) is 5.02 Å². The van der Waals surface area contributed by atoms with E-state index in [-0.39, 0.29) is 11.8 Å². The molecule has 1 aliphatic rings. The third kappa shape index (κ3) is 5.66. The summed E-state index contributed by atoms with van der Waals surface area (Å²) in [4.78, 5) is 27.0. The van der Waals surface area contributed by atoms with Gasteiger partial charge in [-0.2, -0.15) is 0 Å².